The van der Waals surface area contributed by atoms with E-state index in [0.29, 0.717) is 33.9 Å². The van der Waals surface area contributed by atoms with Gasteiger partial charge in [-0.2, -0.15) is 4.98 Å². The van der Waals surface area contributed by atoms with Gasteiger partial charge in [-0.05, 0) is 43.2 Å². The molecule has 0 saturated heterocycles. The van der Waals surface area contributed by atoms with Crippen LogP contribution in [0.3, 0.4) is 0 Å². The average Bonchev–Trinajstić information content (AvgIpc) is 3.30. The molecule has 0 aliphatic heterocycles. The number of rotatable bonds is 5. The minimum absolute atomic E-state index is 0.227. The lowest BCUT2D eigenvalue weighted by Gasteiger charge is -2.05. The van der Waals surface area contributed by atoms with Gasteiger partial charge in [0.15, 0.2) is 17.3 Å². The highest BCUT2D eigenvalue weighted by molar-refractivity contribution is 6.30. The van der Waals surface area contributed by atoms with Crippen LogP contribution in [0.5, 0.6) is 0 Å². The first-order valence-corrected chi connectivity index (χ1v) is 9.26. The molecular weight excluding hydrogens is 380 g/mol. The molecule has 0 unspecified atom stereocenters. The number of halogens is 1. The summed E-state index contributed by atoms with van der Waals surface area (Å²) in [4.78, 5) is 16.7. The van der Waals surface area contributed by atoms with Gasteiger partial charge in [-0.15, -0.1) is 10.2 Å². The van der Waals surface area contributed by atoms with Gasteiger partial charge in [0.1, 0.15) is 0 Å². The highest BCUT2D eigenvalue weighted by Crippen LogP contribution is 2.38. The minimum atomic E-state index is -0.227. The molecular formula is C19H15ClN6O2. The Morgan fingerprint density at radius 3 is 2.96 bits per heavy atom. The Morgan fingerprint density at radius 2 is 2.14 bits per heavy atom. The summed E-state index contributed by atoms with van der Waals surface area (Å²) in [6.07, 6.45) is 4.06. The number of hydrogen-bond acceptors (Lipinski definition) is 6. The van der Waals surface area contributed by atoms with E-state index in [2.05, 4.69) is 25.7 Å². The Kier molecular flexibility index (Phi) is 4.05. The molecule has 0 spiro atoms. The third-order valence-corrected chi connectivity index (χ3v) is 4.84. The molecule has 0 radical (unpaired) electrons. The van der Waals surface area contributed by atoms with E-state index >= 15 is 0 Å². The summed E-state index contributed by atoms with van der Waals surface area (Å²) in [5.74, 6) is 2.06. The summed E-state index contributed by atoms with van der Waals surface area (Å²) in [5.41, 5.74) is 1.91. The first kappa shape index (κ1) is 16.9. The lowest BCUT2D eigenvalue weighted by Crippen LogP contribution is -2.23. The zero-order valence-electron chi connectivity index (χ0n) is 14.7. The second-order valence-corrected chi connectivity index (χ2v) is 7.12. The second kappa shape index (κ2) is 6.72. The molecule has 1 N–H and O–H groups in total. The van der Waals surface area contributed by atoms with E-state index in [-0.39, 0.29) is 12.5 Å². The molecule has 1 aliphatic rings. The fourth-order valence-electron chi connectivity index (χ4n) is 2.94. The van der Waals surface area contributed by atoms with Crippen molar-refractivity contribution in [2.45, 2.75) is 25.3 Å². The molecule has 28 heavy (non-hydrogen) atoms. The standard InChI is InChI=1S/C19H15ClN6O2/c20-14-3-1-2-12(8-14)18(27)21-10-16-24-23-15-9-13(6-7-26(15)16)19-22-17(25-28-19)11-4-5-11/h1-3,6-9,11H,4-5,10H2,(H,21,27). The van der Waals surface area contributed by atoms with E-state index < -0.39 is 0 Å². The summed E-state index contributed by atoms with van der Waals surface area (Å²) in [7, 11) is 0. The van der Waals surface area contributed by atoms with Crippen molar-refractivity contribution in [1.29, 1.82) is 0 Å². The number of fused-ring (bicyclic) bond motifs is 1. The molecule has 1 aliphatic carbocycles. The van der Waals surface area contributed by atoms with Crippen LogP contribution in [0.25, 0.3) is 17.1 Å². The number of nitrogens with zero attached hydrogens (tertiary/aromatic N) is 5. The van der Waals surface area contributed by atoms with Crippen molar-refractivity contribution < 1.29 is 9.32 Å². The summed E-state index contributed by atoms with van der Waals surface area (Å²) in [5, 5.41) is 15.7. The van der Waals surface area contributed by atoms with E-state index in [9.17, 15) is 4.79 Å². The first-order valence-electron chi connectivity index (χ1n) is 8.89. The van der Waals surface area contributed by atoms with Crippen molar-refractivity contribution in [3.8, 4) is 11.5 Å². The van der Waals surface area contributed by atoms with Crippen LogP contribution in [-0.2, 0) is 6.54 Å². The minimum Gasteiger partial charge on any atom is -0.345 e. The maximum absolute atomic E-state index is 12.3. The lowest BCUT2D eigenvalue weighted by atomic mass is 10.2. The van der Waals surface area contributed by atoms with E-state index in [0.717, 1.165) is 24.2 Å². The average molecular weight is 395 g/mol. The van der Waals surface area contributed by atoms with Crippen molar-refractivity contribution >= 4 is 23.2 Å². The molecule has 5 rings (SSSR count). The van der Waals surface area contributed by atoms with Gasteiger partial charge in [0.25, 0.3) is 11.8 Å². The molecule has 1 fully saturated rings. The maximum atomic E-state index is 12.3. The van der Waals surface area contributed by atoms with Gasteiger partial charge < -0.3 is 9.84 Å². The topological polar surface area (TPSA) is 98.2 Å². The van der Waals surface area contributed by atoms with Crippen LogP contribution in [0, 0.1) is 0 Å². The molecule has 3 aromatic heterocycles. The van der Waals surface area contributed by atoms with Crippen LogP contribution in [0.2, 0.25) is 5.02 Å². The third-order valence-electron chi connectivity index (χ3n) is 4.61. The van der Waals surface area contributed by atoms with E-state index in [1.54, 1.807) is 28.7 Å². The van der Waals surface area contributed by atoms with Gasteiger partial charge in [-0.25, -0.2) is 0 Å². The quantitative estimate of drug-likeness (QED) is 0.558. The van der Waals surface area contributed by atoms with Crippen LogP contribution < -0.4 is 5.32 Å². The molecule has 8 nitrogen and oxygen atoms in total. The maximum Gasteiger partial charge on any atom is 0.258 e. The van der Waals surface area contributed by atoms with Crippen molar-refractivity contribution in [2.75, 3.05) is 0 Å². The van der Waals surface area contributed by atoms with Gasteiger partial charge in [0.2, 0.25) is 0 Å². The number of aromatic nitrogens is 5. The Morgan fingerprint density at radius 1 is 1.25 bits per heavy atom. The van der Waals surface area contributed by atoms with Gasteiger partial charge in [0.05, 0.1) is 6.54 Å². The Balaban J connectivity index is 1.34. The van der Waals surface area contributed by atoms with Crippen LogP contribution in [-0.4, -0.2) is 30.6 Å². The van der Waals surface area contributed by atoms with Gasteiger partial charge in [-0.1, -0.05) is 22.8 Å². The SMILES string of the molecule is O=C(NCc1nnc2cc(-c3nc(C4CC4)no3)ccn12)c1cccc(Cl)c1. The Labute approximate surface area is 164 Å². The molecule has 1 aromatic carbocycles. The number of amides is 1. The molecule has 4 aromatic rings. The van der Waals surface area contributed by atoms with Crippen molar-refractivity contribution in [3.05, 3.63) is 64.8 Å². The highest BCUT2D eigenvalue weighted by Gasteiger charge is 2.29. The zero-order chi connectivity index (χ0) is 19.1. The van der Waals surface area contributed by atoms with Gasteiger partial charge in [-0.3, -0.25) is 9.20 Å². The first-order chi connectivity index (χ1) is 13.7. The van der Waals surface area contributed by atoms with Crippen LogP contribution in [0.1, 0.15) is 40.8 Å². The van der Waals surface area contributed by atoms with Crippen LogP contribution >= 0.6 is 11.6 Å². The number of carbonyl (C=O) groups excluding carboxylic acids is 1. The number of pyridine rings is 1. The normalized spacial score (nSPS) is 13.8. The Bertz CT molecular complexity index is 1180. The van der Waals surface area contributed by atoms with Gasteiger partial charge >= 0.3 is 0 Å². The lowest BCUT2D eigenvalue weighted by molar-refractivity contribution is 0.0950. The second-order valence-electron chi connectivity index (χ2n) is 6.68. The third kappa shape index (κ3) is 3.22. The summed E-state index contributed by atoms with van der Waals surface area (Å²) >= 11 is 5.93. The van der Waals surface area contributed by atoms with Gasteiger partial charge in [0, 0.05) is 28.3 Å². The van der Waals surface area contributed by atoms with Crippen LogP contribution in [0.4, 0.5) is 0 Å². The zero-order valence-corrected chi connectivity index (χ0v) is 15.4. The van der Waals surface area contributed by atoms with Crippen molar-refractivity contribution in [1.82, 2.24) is 30.1 Å². The number of benzene rings is 1. The van der Waals surface area contributed by atoms with E-state index in [1.807, 2.05) is 18.3 Å². The van der Waals surface area contributed by atoms with Crippen molar-refractivity contribution in [3.63, 3.8) is 0 Å². The molecule has 140 valence electrons. The summed E-state index contributed by atoms with van der Waals surface area (Å²) in [6, 6.07) is 10.5. The molecule has 9 heteroatoms. The summed E-state index contributed by atoms with van der Waals surface area (Å²) in [6.45, 7) is 0.234. The monoisotopic (exact) mass is 394 g/mol. The molecule has 1 saturated carbocycles. The summed E-state index contributed by atoms with van der Waals surface area (Å²) < 4.78 is 7.16. The fourth-order valence-corrected chi connectivity index (χ4v) is 3.13. The number of nitrogens with one attached hydrogen (secondary N) is 1. The Hall–Kier alpha value is -3.26. The smallest absolute Gasteiger partial charge is 0.258 e. The predicted molar refractivity (Wildman–Crippen MR) is 101 cm³/mol. The highest BCUT2D eigenvalue weighted by atomic mass is 35.5. The number of hydrogen-bond donors (Lipinski definition) is 1. The molecule has 1 amide bonds. The van der Waals surface area contributed by atoms with E-state index in [4.69, 9.17) is 16.1 Å². The van der Waals surface area contributed by atoms with E-state index in [1.165, 1.54) is 0 Å². The largest absolute Gasteiger partial charge is 0.345 e. The molecule has 3 heterocycles. The molecule has 0 bridgehead atoms. The molecule has 0 atom stereocenters. The fraction of sp³-hybridized carbons (Fsp3) is 0.211. The van der Waals surface area contributed by atoms with Crippen molar-refractivity contribution in [2.24, 2.45) is 0 Å². The van der Waals surface area contributed by atoms with Crippen LogP contribution in [0.15, 0.2) is 47.1 Å². The number of carbonyl (C=O) groups is 1. The predicted octanol–water partition coefficient (Wildman–Crippen LogP) is 3.24.